The zero-order chi connectivity index (χ0) is 12.5. The lowest BCUT2D eigenvalue weighted by Crippen LogP contribution is -2.26. The Morgan fingerprint density at radius 1 is 1.18 bits per heavy atom. The number of fused-ring (bicyclic) bond motifs is 1. The average molecular weight is 231 g/mol. The number of anilines is 1. The van der Waals surface area contributed by atoms with Crippen LogP contribution in [0.3, 0.4) is 0 Å². The second-order valence-electron chi connectivity index (χ2n) is 4.98. The van der Waals surface area contributed by atoms with Gasteiger partial charge in [0.1, 0.15) is 17.9 Å². The molecule has 0 aliphatic rings. The van der Waals surface area contributed by atoms with E-state index in [0.717, 1.165) is 22.5 Å². The molecule has 4 heteroatoms. The van der Waals surface area contributed by atoms with Gasteiger partial charge in [0.05, 0.1) is 12.6 Å². The van der Waals surface area contributed by atoms with E-state index in [4.69, 9.17) is 4.74 Å². The van der Waals surface area contributed by atoms with Gasteiger partial charge in [-0.1, -0.05) is 0 Å². The summed E-state index contributed by atoms with van der Waals surface area (Å²) in [6.45, 7) is 6.30. The zero-order valence-electron chi connectivity index (χ0n) is 10.6. The second-order valence-corrected chi connectivity index (χ2v) is 4.98. The minimum atomic E-state index is -0.0266. The molecule has 2 rings (SSSR count). The number of nitrogens with zero attached hydrogens (tertiary/aromatic N) is 2. The van der Waals surface area contributed by atoms with Crippen LogP contribution >= 0.6 is 0 Å². The Bertz CT molecular complexity index is 532. The summed E-state index contributed by atoms with van der Waals surface area (Å²) in [7, 11) is 1.65. The number of benzene rings is 1. The predicted octanol–water partition coefficient (Wildman–Crippen LogP) is 2.85. The SMILES string of the molecule is COc1ccc2c(NC(C)(C)C)ncnc2c1. The number of nitrogens with one attached hydrogen (secondary N) is 1. The standard InChI is InChI=1S/C13H17N3O/c1-13(2,3)16-12-10-6-5-9(17-4)7-11(10)14-8-15-12/h5-8H,1-4H3,(H,14,15,16). The average Bonchev–Trinajstić information content (AvgIpc) is 2.26. The highest BCUT2D eigenvalue weighted by molar-refractivity contribution is 5.89. The lowest BCUT2D eigenvalue weighted by atomic mass is 10.1. The van der Waals surface area contributed by atoms with Gasteiger partial charge in [-0.25, -0.2) is 9.97 Å². The highest BCUT2D eigenvalue weighted by Crippen LogP contribution is 2.25. The van der Waals surface area contributed by atoms with Crippen LogP contribution < -0.4 is 10.1 Å². The molecule has 17 heavy (non-hydrogen) atoms. The molecule has 1 aromatic carbocycles. The minimum absolute atomic E-state index is 0.0266. The molecule has 0 aliphatic heterocycles. The van der Waals surface area contributed by atoms with E-state index in [1.54, 1.807) is 13.4 Å². The van der Waals surface area contributed by atoms with Gasteiger partial charge in [-0.05, 0) is 32.9 Å². The van der Waals surface area contributed by atoms with Gasteiger partial charge in [-0.2, -0.15) is 0 Å². The molecule has 4 nitrogen and oxygen atoms in total. The van der Waals surface area contributed by atoms with Crippen molar-refractivity contribution < 1.29 is 4.74 Å². The van der Waals surface area contributed by atoms with Gasteiger partial charge in [0.15, 0.2) is 0 Å². The Hall–Kier alpha value is -1.84. The van der Waals surface area contributed by atoms with Crippen molar-refractivity contribution in [2.75, 3.05) is 12.4 Å². The topological polar surface area (TPSA) is 47.0 Å². The van der Waals surface area contributed by atoms with Gasteiger partial charge in [-0.15, -0.1) is 0 Å². The third-order valence-corrected chi connectivity index (χ3v) is 2.34. The Balaban J connectivity index is 2.51. The number of ether oxygens (including phenoxy) is 1. The van der Waals surface area contributed by atoms with Crippen LogP contribution in [0.2, 0.25) is 0 Å². The molecular weight excluding hydrogens is 214 g/mol. The van der Waals surface area contributed by atoms with E-state index < -0.39 is 0 Å². The van der Waals surface area contributed by atoms with Gasteiger partial charge in [0, 0.05) is 17.0 Å². The van der Waals surface area contributed by atoms with Crippen LogP contribution in [0.25, 0.3) is 10.9 Å². The Labute approximate surface area is 101 Å². The summed E-state index contributed by atoms with van der Waals surface area (Å²) in [6.07, 6.45) is 1.57. The second kappa shape index (κ2) is 4.20. The molecule has 0 unspecified atom stereocenters. The first-order valence-corrected chi connectivity index (χ1v) is 5.56. The van der Waals surface area contributed by atoms with Crippen molar-refractivity contribution in [1.82, 2.24) is 9.97 Å². The smallest absolute Gasteiger partial charge is 0.137 e. The van der Waals surface area contributed by atoms with Crippen molar-refractivity contribution in [2.24, 2.45) is 0 Å². The maximum atomic E-state index is 5.18. The fourth-order valence-electron chi connectivity index (χ4n) is 1.62. The van der Waals surface area contributed by atoms with Gasteiger partial charge in [0.2, 0.25) is 0 Å². The molecule has 90 valence electrons. The van der Waals surface area contributed by atoms with Crippen LogP contribution in [0, 0.1) is 0 Å². The Morgan fingerprint density at radius 2 is 1.94 bits per heavy atom. The van der Waals surface area contributed by atoms with Crippen molar-refractivity contribution in [3.05, 3.63) is 24.5 Å². The monoisotopic (exact) mass is 231 g/mol. The molecule has 0 saturated heterocycles. The molecule has 0 spiro atoms. The highest BCUT2D eigenvalue weighted by Gasteiger charge is 2.12. The van der Waals surface area contributed by atoms with Crippen molar-refractivity contribution in [3.63, 3.8) is 0 Å². The van der Waals surface area contributed by atoms with Crippen molar-refractivity contribution >= 4 is 16.7 Å². The number of aromatic nitrogens is 2. The largest absolute Gasteiger partial charge is 0.497 e. The molecular formula is C13H17N3O. The quantitative estimate of drug-likeness (QED) is 0.863. The van der Waals surface area contributed by atoms with E-state index in [0.29, 0.717) is 0 Å². The maximum absolute atomic E-state index is 5.18. The van der Waals surface area contributed by atoms with Crippen LogP contribution in [-0.4, -0.2) is 22.6 Å². The summed E-state index contributed by atoms with van der Waals surface area (Å²) in [5, 5.41) is 4.37. The number of hydrogen-bond acceptors (Lipinski definition) is 4. The van der Waals surface area contributed by atoms with E-state index in [-0.39, 0.29) is 5.54 Å². The normalized spacial score (nSPS) is 11.5. The molecule has 0 bridgehead atoms. The molecule has 0 saturated carbocycles. The van der Waals surface area contributed by atoms with Crippen molar-refractivity contribution in [1.29, 1.82) is 0 Å². The molecule has 0 aliphatic carbocycles. The molecule has 1 heterocycles. The van der Waals surface area contributed by atoms with Crippen LogP contribution in [-0.2, 0) is 0 Å². The van der Waals surface area contributed by atoms with E-state index >= 15 is 0 Å². The van der Waals surface area contributed by atoms with E-state index in [9.17, 15) is 0 Å². The van der Waals surface area contributed by atoms with E-state index in [2.05, 4.69) is 36.1 Å². The summed E-state index contributed by atoms with van der Waals surface area (Å²) in [6, 6.07) is 5.80. The molecule has 1 aromatic heterocycles. The Morgan fingerprint density at radius 3 is 2.59 bits per heavy atom. The maximum Gasteiger partial charge on any atom is 0.137 e. The third kappa shape index (κ3) is 2.64. The lowest BCUT2D eigenvalue weighted by molar-refractivity contribution is 0.415. The highest BCUT2D eigenvalue weighted by atomic mass is 16.5. The summed E-state index contributed by atoms with van der Waals surface area (Å²) < 4.78 is 5.18. The summed E-state index contributed by atoms with van der Waals surface area (Å²) in [5.74, 6) is 1.66. The molecule has 1 N–H and O–H groups in total. The van der Waals surface area contributed by atoms with Crippen LogP contribution in [0.15, 0.2) is 24.5 Å². The fourth-order valence-corrected chi connectivity index (χ4v) is 1.62. The molecule has 2 aromatic rings. The van der Waals surface area contributed by atoms with Gasteiger partial charge in [0.25, 0.3) is 0 Å². The first kappa shape index (κ1) is 11.6. The van der Waals surface area contributed by atoms with Crippen LogP contribution in [0.5, 0.6) is 5.75 Å². The molecule has 0 radical (unpaired) electrons. The van der Waals surface area contributed by atoms with Crippen LogP contribution in [0.1, 0.15) is 20.8 Å². The fraction of sp³-hybridized carbons (Fsp3) is 0.385. The first-order valence-electron chi connectivity index (χ1n) is 5.56. The van der Waals surface area contributed by atoms with E-state index in [1.165, 1.54) is 0 Å². The molecule has 0 fully saturated rings. The summed E-state index contributed by atoms with van der Waals surface area (Å²) in [5.41, 5.74) is 0.854. The van der Waals surface area contributed by atoms with Crippen molar-refractivity contribution in [3.8, 4) is 5.75 Å². The predicted molar refractivity (Wildman–Crippen MR) is 69.5 cm³/mol. The third-order valence-electron chi connectivity index (χ3n) is 2.34. The molecule has 0 amide bonds. The number of methoxy groups -OCH3 is 1. The lowest BCUT2D eigenvalue weighted by Gasteiger charge is -2.22. The minimum Gasteiger partial charge on any atom is -0.497 e. The van der Waals surface area contributed by atoms with Crippen molar-refractivity contribution in [2.45, 2.75) is 26.3 Å². The van der Waals surface area contributed by atoms with Crippen LogP contribution in [0.4, 0.5) is 5.82 Å². The van der Waals surface area contributed by atoms with Gasteiger partial charge < -0.3 is 10.1 Å². The summed E-state index contributed by atoms with van der Waals surface area (Å²) in [4.78, 5) is 8.53. The summed E-state index contributed by atoms with van der Waals surface area (Å²) >= 11 is 0. The van der Waals surface area contributed by atoms with Gasteiger partial charge in [-0.3, -0.25) is 0 Å². The number of hydrogen-bond donors (Lipinski definition) is 1. The van der Waals surface area contributed by atoms with Gasteiger partial charge >= 0.3 is 0 Å². The zero-order valence-corrected chi connectivity index (χ0v) is 10.6. The molecule has 0 atom stereocenters. The Kier molecular flexibility index (Phi) is 2.88. The number of rotatable bonds is 2. The van der Waals surface area contributed by atoms with E-state index in [1.807, 2.05) is 18.2 Å². The first-order chi connectivity index (χ1) is 7.99.